The molecule has 4 nitrogen and oxygen atoms in total. The predicted octanol–water partition coefficient (Wildman–Crippen LogP) is 3.81. The van der Waals surface area contributed by atoms with Crippen molar-refractivity contribution < 1.29 is 4.39 Å². The molecule has 1 heterocycles. The molecule has 3 aromatic rings. The van der Waals surface area contributed by atoms with Crippen LogP contribution in [0.5, 0.6) is 0 Å². The van der Waals surface area contributed by atoms with Crippen molar-refractivity contribution in [3.8, 4) is 6.07 Å². The number of benzene rings is 2. The second kappa shape index (κ2) is 5.78. The van der Waals surface area contributed by atoms with E-state index in [9.17, 15) is 4.39 Å². The Morgan fingerprint density at radius 3 is 2.82 bits per heavy atom. The second-order valence-electron chi connectivity index (χ2n) is 4.96. The summed E-state index contributed by atoms with van der Waals surface area (Å²) in [6.07, 6.45) is 1.41. The van der Waals surface area contributed by atoms with E-state index in [0.29, 0.717) is 22.3 Å². The summed E-state index contributed by atoms with van der Waals surface area (Å²) in [7, 11) is 0. The minimum Gasteiger partial charge on any atom is -0.363 e. The predicted molar refractivity (Wildman–Crippen MR) is 82.7 cm³/mol. The van der Waals surface area contributed by atoms with Gasteiger partial charge >= 0.3 is 0 Å². The van der Waals surface area contributed by atoms with Crippen molar-refractivity contribution in [2.75, 3.05) is 5.32 Å². The maximum atomic E-state index is 14.1. The van der Waals surface area contributed by atoms with Gasteiger partial charge in [0.2, 0.25) is 0 Å². The summed E-state index contributed by atoms with van der Waals surface area (Å²) in [5.41, 5.74) is 2.07. The lowest BCUT2D eigenvalue weighted by Gasteiger charge is -2.16. The zero-order valence-electron chi connectivity index (χ0n) is 11.9. The van der Waals surface area contributed by atoms with E-state index in [1.165, 1.54) is 12.4 Å². The van der Waals surface area contributed by atoms with Crippen LogP contribution in [0.15, 0.2) is 48.8 Å². The molecule has 1 N–H and O–H groups in total. The van der Waals surface area contributed by atoms with E-state index in [0.717, 1.165) is 5.56 Å². The van der Waals surface area contributed by atoms with E-state index in [2.05, 4.69) is 21.4 Å². The monoisotopic (exact) mass is 292 g/mol. The van der Waals surface area contributed by atoms with Gasteiger partial charge in [0.25, 0.3) is 0 Å². The summed E-state index contributed by atoms with van der Waals surface area (Å²) in [4.78, 5) is 8.22. The molecule has 0 unspecified atom stereocenters. The van der Waals surface area contributed by atoms with Gasteiger partial charge in [-0.05, 0) is 36.8 Å². The fraction of sp³-hybridized carbons (Fsp3) is 0.118. The minimum absolute atomic E-state index is 0.119. The number of rotatable bonds is 3. The third kappa shape index (κ3) is 2.59. The van der Waals surface area contributed by atoms with E-state index in [1.807, 2.05) is 19.1 Å². The van der Waals surface area contributed by atoms with Crippen LogP contribution >= 0.6 is 0 Å². The van der Waals surface area contributed by atoms with Crippen LogP contribution in [0.2, 0.25) is 0 Å². The van der Waals surface area contributed by atoms with Crippen molar-refractivity contribution in [1.82, 2.24) is 9.97 Å². The van der Waals surface area contributed by atoms with Crippen LogP contribution in [-0.4, -0.2) is 9.97 Å². The van der Waals surface area contributed by atoms with Crippen molar-refractivity contribution in [2.24, 2.45) is 0 Å². The lowest BCUT2D eigenvalue weighted by Crippen LogP contribution is -2.09. The average molecular weight is 292 g/mol. The molecule has 108 valence electrons. The summed E-state index contributed by atoms with van der Waals surface area (Å²) < 4.78 is 14.1. The SMILES string of the molecule is C[C@@H](Nc1ncnc2cccc(F)c12)c1cccc(C#N)c1. The third-order valence-electron chi connectivity index (χ3n) is 3.48. The molecule has 0 spiro atoms. The lowest BCUT2D eigenvalue weighted by atomic mass is 10.1. The largest absolute Gasteiger partial charge is 0.363 e. The number of hydrogen-bond donors (Lipinski definition) is 1. The van der Waals surface area contributed by atoms with E-state index in [4.69, 9.17) is 5.26 Å². The summed E-state index contributed by atoms with van der Waals surface area (Å²) >= 11 is 0. The molecule has 22 heavy (non-hydrogen) atoms. The fourth-order valence-electron chi connectivity index (χ4n) is 2.34. The maximum absolute atomic E-state index is 14.1. The van der Waals surface area contributed by atoms with Crippen molar-refractivity contribution in [3.63, 3.8) is 0 Å². The van der Waals surface area contributed by atoms with Crippen molar-refractivity contribution in [1.29, 1.82) is 5.26 Å². The summed E-state index contributed by atoms with van der Waals surface area (Å²) in [5, 5.41) is 12.5. The highest BCUT2D eigenvalue weighted by atomic mass is 19.1. The van der Waals surface area contributed by atoms with E-state index >= 15 is 0 Å². The Labute approximate surface area is 127 Å². The van der Waals surface area contributed by atoms with Crippen molar-refractivity contribution >= 4 is 16.7 Å². The summed E-state index contributed by atoms with van der Waals surface area (Å²) in [6, 6.07) is 14.0. The molecule has 0 saturated heterocycles. The van der Waals surface area contributed by atoms with Gasteiger partial charge in [0.15, 0.2) is 0 Å². The molecule has 2 aromatic carbocycles. The molecule has 0 fully saturated rings. The Hall–Kier alpha value is -3.00. The summed E-state index contributed by atoms with van der Waals surface area (Å²) in [6.45, 7) is 1.94. The van der Waals surface area contributed by atoms with Gasteiger partial charge < -0.3 is 5.32 Å². The van der Waals surface area contributed by atoms with Gasteiger partial charge in [0.05, 0.1) is 28.6 Å². The molecule has 5 heteroatoms. The Morgan fingerprint density at radius 1 is 1.18 bits per heavy atom. The Bertz CT molecular complexity index is 865. The van der Waals surface area contributed by atoms with Gasteiger partial charge in [-0.15, -0.1) is 0 Å². The molecular formula is C17H13FN4. The molecule has 0 aliphatic carbocycles. The third-order valence-corrected chi connectivity index (χ3v) is 3.48. The van der Waals surface area contributed by atoms with Crippen LogP contribution in [0.4, 0.5) is 10.2 Å². The van der Waals surface area contributed by atoms with Crippen LogP contribution in [0, 0.1) is 17.1 Å². The smallest absolute Gasteiger partial charge is 0.140 e. The second-order valence-corrected chi connectivity index (χ2v) is 4.96. The van der Waals surface area contributed by atoms with Gasteiger partial charge in [0.1, 0.15) is 18.0 Å². The van der Waals surface area contributed by atoms with Gasteiger partial charge in [-0.1, -0.05) is 18.2 Å². The molecule has 1 aromatic heterocycles. The highest BCUT2D eigenvalue weighted by Crippen LogP contribution is 2.26. The van der Waals surface area contributed by atoms with E-state index in [-0.39, 0.29) is 11.9 Å². The molecule has 0 bridgehead atoms. The van der Waals surface area contributed by atoms with E-state index < -0.39 is 0 Å². The quantitative estimate of drug-likeness (QED) is 0.797. The number of hydrogen-bond acceptors (Lipinski definition) is 4. The van der Waals surface area contributed by atoms with Gasteiger partial charge in [-0.2, -0.15) is 5.26 Å². The molecule has 1 atom stereocenters. The lowest BCUT2D eigenvalue weighted by molar-refractivity contribution is 0.639. The van der Waals surface area contributed by atoms with Gasteiger partial charge in [-0.3, -0.25) is 0 Å². The zero-order chi connectivity index (χ0) is 15.5. The van der Waals surface area contributed by atoms with E-state index in [1.54, 1.807) is 24.3 Å². The number of anilines is 1. The Balaban J connectivity index is 1.98. The topological polar surface area (TPSA) is 61.6 Å². The number of aromatic nitrogens is 2. The summed E-state index contributed by atoms with van der Waals surface area (Å²) in [5.74, 6) is 0.0801. The highest BCUT2D eigenvalue weighted by Gasteiger charge is 2.12. The fourth-order valence-corrected chi connectivity index (χ4v) is 2.34. The zero-order valence-corrected chi connectivity index (χ0v) is 11.9. The highest BCUT2D eigenvalue weighted by molar-refractivity contribution is 5.89. The number of halogens is 1. The number of nitrogens with zero attached hydrogens (tertiary/aromatic N) is 3. The van der Waals surface area contributed by atoms with Crippen LogP contribution in [-0.2, 0) is 0 Å². The van der Waals surface area contributed by atoms with Crippen molar-refractivity contribution in [3.05, 3.63) is 65.7 Å². The first-order chi connectivity index (χ1) is 10.7. The Kier molecular flexibility index (Phi) is 3.67. The minimum atomic E-state index is -0.362. The first-order valence-electron chi connectivity index (χ1n) is 6.85. The Morgan fingerprint density at radius 2 is 2.00 bits per heavy atom. The normalized spacial score (nSPS) is 11.9. The number of nitriles is 1. The van der Waals surface area contributed by atoms with Crippen LogP contribution in [0.1, 0.15) is 24.1 Å². The van der Waals surface area contributed by atoms with Gasteiger partial charge in [0, 0.05) is 0 Å². The first kappa shape index (κ1) is 14.0. The van der Waals surface area contributed by atoms with Crippen LogP contribution in [0.25, 0.3) is 10.9 Å². The molecular weight excluding hydrogens is 279 g/mol. The van der Waals surface area contributed by atoms with Gasteiger partial charge in [-0.25, -0.2) is 14.4 Å². The molecule has 0 amide bonds. The molecule has 0 aliphatic heterocycles. The average Bonchev–Trinajstić information content (AvgIpc) is 2.55. The number of fused-ring (bicyclic) bond motifs is 1. The molecule has 0 aliphatic rings. The maximum Gasteiger partial charge on any atom is 0.140 e. The molecule has 3 rings (SSSR count). The molecule has 0 saturated carbocycles. The van der Waals surface area contributed by atoms with Crippen molar-refractivity contribution in [2.45, 2.75) is 13.0 Å². The number of nitrogens with one attached hydrogen (secondary N) is 1. The van der Waals surface area contributed by atoms with Crippen LogP contribution < -0.4 is 5.32 Å². The molecule has 0 radical (unpaired) electrons. The van der Waals surface area contributed by atoms with Crippen LogP contribution in [0.3, 0.4) is 0 Å². The first-order valence-corrected chi connectivity index (χ1v) is 6.85. The standard InChI is InChI=1S/C17H13FN4/c1-11(13-5-2-4-12(8-13)9-19)22-17-16-14(18)6-3-7-15(16)20-10-21-17/h2-8,10-11H,1H3,(H,20,21,22)/t11-/m1/s1.